The van der Waals surface area contributed by atoms with Crippen molar-refractivity contribution in [3.05, 3.63) is 44.3 Å². The fraction of sp³-hybridized carbons (Fsp3) is 0.200. The van der Waals surface area contributed by atoms with Crippen LogP contribution in [0.15, 0.2) is 24.8 Å². The first-order valence-electron chi connectivity index (χ1n) is 8.87. The third-order valence-electron chi connectivity index (χ3n) is 4.21. The lowest BCUT2D eigenvalue weighted by molar-refractivity contribution is 1.36. The first-order chi connectivity index (χ1) is 14.0. The lowest BCUT2D eigenvalue weighted by Crippen LogP contribution is -1.84. The molecule has 0 aromatic carbocycles. The summed E-state index contributed by atoms with van der Waals surface area (Å²) in [7, 11) is 0. The minimum atomic E-state index is 1.02. The third kappa shape index (κ3) is 3.51. The lowest BCUT2D eigenvalue weighted by atomic mass is 10.1. The molecule has 5 rings (SSSR count). The van der Waals surface area contributed by atoms with Gasteiger partial charge in [-0.25, -0.2) is 19.9 Å². The molecule has 5 aromatic rings. The van der Waals surface area contributed by atoms with E-state index in [4.69, 9.17) is 19.9 Å². The Morgan fingerprint density at radius 3 is 1.03 bits per heavy atom. The van der Waals surface area contributed by atoms with E-state index in [2.05, 4.69) is 27.7 Å². The number of aryl methyl sites for hydroxylation is 4. The fourth-order valence-corrected chi connectivity index (χ4v) is 7.78. The van der Waals surface area contributed by atoms with Crippen LogP contribution in [0.3, 0.4) is 0 Å². The van der Waals surface area contributed by atoms with Crippen molar-refractivity contribution in [1.29, 1.82) is 0 Å². The van der Waals surface area contributed by atoms with E-state index in [0.717, 1.165) is 40.9 Å². The molecule has 0 saturated heterocycles. The number of thiophene rings is 1. The van der Waals surface area contributed by atoms with Gasteiger partial charge in [0.15, 0.2) is 0 Å². The van der Waals surface area contributed by atoms with E-state index in [-0.39, 0.29) is 0 Å². The summed E-state index contributed by atoms with van der Waals surface area (Å²) in [6, 6.07) is 0. The van der Waals surface area contributed by atoms with Crippen LogP contribution < -0.4 is 0 Å². The molecule has 9 heteroatoms. The SMILES string of the molecule is Cc1cnc(-c2sc(-c3ncc(C)s3)c(-c3ncc(C)s3)c2-c2ncc(C)s2)s1. The highest BCUT2D eigenvalue weighted by molar-refractivity contribution is 7.28. The number of hydrogen-bond acceptors (Lipinski definition) is 9. The molecule has 0 unspecified atom stereocenters. The van der Waals surface area contributed by atoms with Gasteiger partial charge in [0.05, 0.1) is 9.75 Å². The minimum Gasteiger partial charge on any atom is -0.244 e. The first kappa shape index (κ1) is 19.2. The highest BCUT2D eigenvalue weighted by Gasteiger charge is 2.28. The molecule has 0 amide bonds. The average molecular weight is 473 g/mol. The summed E-state index contributed by atoms with van der Waals surface area (Å²) in [4.78, 5) is 26.0. The molecule has 5 aromatic heterocycles. The van der Waals surface area contributed by atoms with Crippen LogP contribution in [0.4, 0.5) is 0 Å². The maximum atomic E-state index is 4.75. The van der Waals surface area contributed by atoms with Crippen molar-refractivity contribution in [1.82, 2.24) is 19.9 Å². The van der Waals surface area contributed by atoms with Gasteiger partial charge in [-0.1, -0.05) is 0 Å². The molecule has 146 valence electrons. The lowest BCUT2D eigenvalue weighted by Gasteiger charge is -2.03. The molecule has 0 fully saturated rings. The van der Waals surface area contributed by atoms with E-state index in [1.165, 1.54) is 19.5 Å². The Bertz CT molecular complexity index is 1220. The van der Waals surface area contributed by atoms with Gasteiger partial charge in [0, 0.05) is 55.4 Å². The van der Waals surface area contributed by atoms with Crippen LogP contribution in [-0.4, -0.2) is 19.9 Å². The maximum absolute atomic E-state index is 4.75. The molecule has 0 spiro atoms. The second-order valence-corrected chi connectivity index (χ2v) is 12.6. The summed E-state index contributed by atoms with van der Waals surface area (Å²) >= 11 is 8.64. The zero-order valence-electron chi connectivity index (χ0n) is 16.1. The zero-order chi connectivity index (χ0) is 20.1. The van der Waals surface area contributed by atoms with Gasteiger partial charge in [-0.3, -0.25) is 0 Å². The number of aromatic nitrogens is 4. The Morgan fingerprint density at radius 1 is 0.448 bits per heavy atom. The Hall–Kier alpha value is -1.78. The summed E-state index contributed by atoms with van der Waals surface area (Å²) in [5.74, 6) is 0. The maximum Gasteiger partial charge on any atom is 0.134 e. The van der Waals surface area contributed by atoms with Gasteiger partial charge in [0.25, 0.3) is 0 Å². The van der Waals surface area contributed by atoms with Gasteiger partial charge >= 0.3 is 0 Å². The molecular weight excluding hydrogens is 457 g/mol. The van der Waals surface area contributed by atoms with Crippen molar-refractivity contribution in [3.63, 3.8) is 0 Å². The van der Waals surface area contributed by atoms with Crippen molar-refractivity contribution < 1.29 is 0 Å². The van der Waals surface area contributed by atoms with Crippen LogP contribution in [0, 0.1) is 27.7 Å². The van der Waals surface area contributed by atoms with Crippen LogP contribution in [-0.2, 0) is 0 Å². The number of rotatable bonds is 4. The van der Waals surface area contributed by atoms with Crippen molar-refractivity contribution in [3.8, 4) is 40.9 Å². The molecular formula is C20H16N4S5. The molecule has 0 bridgehead atoms. The Kier molecular flexibility index (Phi) is 4.95. The molecule has 0 atom stereocenters. The van der Waals surface area contributed by atoms with Gasteiger partial charge in [-0.2, -0.15) is 0 Å². The van der Waals surface area contributed by atoms with E-state index in [1.807, 2.05) is 24.8 Å². The monoisotopic (exact) mass is 472 g/mol. The zero-order valence-corrected chi connectivity index (χ0v) is 20.2. The molecule has 29 heavy (non-hydrogen) atoms. The predicted octanol–water partition coefficient (Wildman–Crippen LogP) is 7.48. The second kappa shape index (κ2) is 7.48. The minimum absolute atomic E-state index is 1.02. The van der Waals surface area contributed by atoms with E-state index >= 15 is 0 Å². The molecule has 0 aliphatic carbocycles. The summed E-state index contributed by atoms with van der Waals surface area (Å²) < 4.78 is 0. The van der Waals surface area contributed by atoms with E-state index < -0.39 is 0 Å². The molecule has 0 aliphatic heterocycles. The third-order valence-corrected chi connectivity index (χ3v) is 9.39. The summed E-state index contributed by atoms with van der Waals surface area (Å²) in [5, 5.41) is 4.10. The highest BCUT2D eigenvalue weighted by atomic mass is 32.1. The van der Waals surface area contributed by atoms with E-state index in [1.54, 1.807) is 56.7 Å². The van der Waals surface area contributed by atoms with Gasteiger partial charge < -0.3 is 0 Å². The molecule has 4 nitrogen and oxygen atoms in total. The summed E-state index contributed by atoms with van der Waals surface area (Å²) in [6.45, 7) is 8.38. The van der Waals surface area contributed by atoms with Crippen LogP contribution in [0.25, 0.3) is 40.9 Å². The Balaban J connectivity index is 1.87. The summed E-state index contributed by atoms with van der Waals surface area (Å²) in [5.41, 5.74) is 2.28. The standard InChI is InChI=1S/C20H16N4S5/c1-9-5-21-17(25-9)13-14(18-22-6-10(2)26-18)16(20-24-8-12(4)28-20)29-15(13)19-23-7-11(3)27-19/h5-8H,1-4H3. The average Bonchev–Trinajstić information content (AvgIpc) is 3.45. The van der Waals surface area contributed by atoms with Gasteiger partial charge in [0.1, 0.15) is 20.0 Å². The largest absolute Gasteiger partial charge is 0.244 e. The highest BCUT2D eigenvalue weighted by Crippen LogP contribution is 2.54. The van der Waals surface area contributed by atoms with Crippen LogP contribution in [0.5, 0.6) is 0 Å². The number of nitrogens with zero attached hydrogens (tertiary/aromatic N) is 4. The fourth-order valence-electron chi connectivity index (χ4n) is 3.00. The molecule has 5 heterocycles. The van der Waals surface area contributed by atoms with Crippen molar-refractivity contribution >= 4 is 56.7 Å². The van der Waals surface area contributed by atoms with Gasteiger partial charge in [0.2, 0.25) is 0 Å². The molecule has 0 N–H and O–H groups in total. The van der Waals surface area contributed by atoms with Crippen molar-refractivity contribution in [2.24, 2.45) is 0 Å². The Labute approximate surface area is 188 Å². The van der Waals surface area contributed by atoms with E-state index in [0.29, 0.717) is 0 Å². The predicted molar refractivity (Wildman–Crippen MR) is 128 cm³/mol. The van der Waals surface area contributed by atoms with Crippen molar-refractivity contribution in [2.45, 2.75) is 27.7 Å². The van der Waals surface area contributed by atoms with Crippen LogP contribution in [0.1, 0.15) is 19.5 Å². The number of thiazole rings is 4. The normalized spacial score (nSPS) is 11.4. The number of hydrogen-bond donors (Lipinski definition) is 0. The van der Waals surface area contributed by atoms with E-state index in [9.17, 15) is 0 Å². The van der Waals surface area contributed by atoms with Gasteiger partial charge in [-0.15, -0.1) is 56.7 Å². The van der Waals surface area contributed by atoms with Crippen LogP contribution >= 0.6 is 56.7 Å². The topological polar surface area (TPSA) is 51.6 Å². The Morgan fingerprint density at radius 2 is 0.759 bits per heavy atom. The molecule has 0 radical (unpaired) electrons. The second-order valence-electron chi connectivity index (χ2n) is 6.61. The smallest absolute Gasteiger partial charge is 0.134 e. The summed E-state index contributed by atoms with van der Waals surface area (Å²) in [6.07, 6.45) is 7.77. The van der Waals surface area contributed by atoms with Crippen LogP contribution in [0.2, 0.25) is 0 Å². The first-order valence-corrected chi connectivity index (χ1v) is 13.0. The van der Waals surface area contributed by atoms with Crippen molar-refractivity contribution in [2.75, 3.05) is 0 Å². The molecule has 0 aliphatic rings. The quantitative estimate of drug-likeness (QED) is 0.272. The van der Waals surface area contributed by atoms with Gasteiger partial charge in [-0.05, 0) is 27.7 Å². The molecule has 0 saturated carbocycles.